The van der Waals surface area contributed by atoms with Crippen LogP contribution in [-0.4, -0.2) is 45.7 Å². The Morgan fingerprint density at radius 2 is 1.77 bits per heavy atom. The molecule has 2 amide bonds. The SMILES string of the molecule is CC(C)CCN1C[C@@H]2c3[nH]c4ccccc4c3CC(C1=O)N2C(=O)Cc1ccc2ccccc2c1. The standard InChI is InChI=1S/C30H31N3O2/c1-19(2)13-14-32-18-27-29-24(23-9-5-6-10-25(23)31-29)17-26(30(32)35)33(27)28(34)16-20-11-12-21-7-3-4-8-22(21)15-20/h3-12,15,19,26-27,31H,13-14,16-18H2,1-2H3/t26?,27-/m1/s1. The first kappa shape index (κ1) is 21.9. The molecule has 3 heterocycles. The second-order valence-electron chi connectivity index (χ2n) is 10.4. The Morgan fingerprint density at radius 1 is 1.00 bits per heavy atom. The second kappa shape index (κ2) is 8.56. The highest BCUT2D eigenvalue weighted by molar-refractivity contribution is 5.94. The van der Waals surface area contributed by atoms with Gasteiger partial charge in [-0.25, -0.2) is 0 Å². The lowest BCUT2D eigenvalue weighted by Gasteiger charge is -2.49. The Morgan fingerprint density at radius 3 is 2.60 bits per heavy atom. The van der Waals surface area contributed by atoms with E-state index in [0.29, 0.717) is 25.3 Å². The average molecular weight is 466 g/mol. The maximum absolute atomic E-state index is 13.8. The van der Waals surface area contributed by atoms with Gasteiger partial charge in [-0.1, -0.05) is 74.5 Å². The van der Waals surface area contributed by atoms with Crippen molar-refractivity contribution < 1.29 is 9.59 Å². The van der Waals surface area contributed by atoms with Crippen molar-refractivity contribution in [1.82, 2.24) is 14.8 Å². The van der Waals surface area contributed by atoms with Crippen LogP contribution in [0.25, 0.3) is 21.7 Å². The number of amides is 2. The summed E-state index contributed by atoms with van der Waals surface area (Å²) in [5, 5.41) is 3.46. The molecule has 2 bridgehead atoms. The molecule has 2 aliphatic rings. The molecule has 1 aromatic heterocycles. The highest BCUT2D eigenvalue weighted by atomic mass is 16.2. The van der Waals surface area contributed by atoms with E-state index in [1.165, 1.54) is 10.9 Å². The van der Waals surface area contributed by atoms with Crippen molar-refractivity contribution >= 4 is 33.5 Å². The number of piperazine rings is 1. The molecule has 1 fully saturated rings. The molecule has 0 saturated carbocycles. The summed E-state index contributed by atoms with van der Waals surface area (Å²) in [6.07, 6.45) is 1.83. The maximum Gasteiger partial charge on any atom is 0.245 e. The summed E-state index contributed by atoms with van der Waals surface area (Å²) < 4.78 is 0. The number of rotatable bonds is 5. The molecule has 35 heavy (non-hydrogen) atoms. The summed E-state index contributed by atoms with van der Waals surface area (Å²) in [4.78, 5) is 35.0. The maximum atomic E-state index is 13.8. The van der Waals surface area contributed by atoms with E-state index < -0.39 is 6.04 Å². The average Bonchev–Trinajstić information content (AvgIpc) is 3.23. The zero-order valence-electron chi connectivity index (χ0n) is 20.3. The number of nitrogens with zero attached hydrogens (tertiary/aromatic N) is 2. The monoisotopic (exact) mass is 465 g/mol. The smallest absolute Gasteiger partial charge is 0.245 e. The number of carbonyl (C=O) groups excluding carboxylic acids is 2. The summed E-state index contributed by atoms with van der Waals surface area (Å²) in [6.45, 7) is 5.66. The van der Waals surface area contributed by atoms with Crippen molar-refractivity contribution in [3.63, 3.8) is 0 Å². The third-order valence-electron chi connectivity index (χ3n) is 7.67. The lowest BCUT2D eigenvalue weighted by atomic mass is 9.86. The number of hydrogen-bond donors (Lipinski definition) is 1. The van der Waals surface area contributed by atoms with Gasteiger partial charge in [-0.15, -0.1) is 0 Å². The quantitative estimate of drug-likeness (QED) is 0.438. The van der Waals surface area contributed by atoms with Crippen LogP contribution in [-0.2, 0) is 22.4 Å². The van der Waals surface area contributed by atoms with Crippen molar-refractivity contribution in [3.8, 4) is 0 Å². The van der Waals surface area contributed by atoms with Crippen molar-refractivity contribution in [1.29, 1.82) is 0 Å². The molecular formula is C30H31N3O2. The van der Waals surface area contributed by atoms with E-state index in [-0.39, 0.29) is 17.9 Å². The fraction of sp³-hybridized carbons (Fsp3) is 0.333. The molecule has 6 rings (SSSR count). The van der Waals surface area contributed by atoms with E-state index in [0.717, 1.165) is 40.5 Å². The lowest BCUT2D eigenvalue weighted by Crippen LogP contribution is -2.63. The van der Waals surface area contributed by atoms with Crippen LogP contribution in [0, 0.1) is 5.92 Å². The minimum atomic E-state index is -0.444. The number of carbonyl (C=O) groups is 2. The van der Waals surface area contributed by atoms with Gasteiger partial charge >= 0.3 is 0 Å². The first-order valence-corrected chi connectivity index (χ1v) is 12.7. The fourth-order valence-electron chi connectivity index (χ4n) is 5.85. The van der Waals surface area contributed by atoms with Gasteiger partial charge < -0.3 is 14.8 Å². The first-order valence-electron chi connectivity index (χ1n) is 12.7. The van der Waals surface area contributed by atoms with Crippen LogP contribution >= 0.6 is 0 Å². The van der Waals surface area contributed by atoms with E-state index in [1.54, 1.807) is 0 Å². The molecule has 178 valence electrons. The van der Waals surface area contributed by atoms with Crippen molar-refractivity contribution in [2.24, 2.45) is 5.92 Å². The molecular weight excluding hydrogens is 434 g/mol. The summed E-state index contributed by atoms with van der Waals surface area (Å²) in [6, 6.07) is 22.1. The molecule has 0 spiro atoms. The number of nitrogens with one attached hydrogen (secondary N) is 1. The number of para-hydroxylation sites is 1. The molecule has 0 aliphatic carbocycles. The highest BCUT2D eigenvalue weighted by Gasteiger charge is 2.48. The predicted molar refractivity (Wildman–Crippen MR) is 139 cm³/mol. The number of H-pyrrole nitrogens is 1. The van der Waals surface area contributed by atoms with Crippen LogP contribution < -0.4 is 0 Å². The third kappa shape index (κ3) is 3.79. The van der Waals surface area contributed by atoms with Gasteiger partial charge in [0.2, 0.25) is 11.8 Å². The molecule has 1 unspecified atom stereocenters. The Kier molecular flexibility index (Phi) is 5.36. The second-order valence-corrected chi connectivity index (χ2v) is 10.4. The number of fused-ring (bicyclic) bond motifs is 7. The molecule has 3 aromatic carbocycles. The Hall–Kier alpha value is -3.60. The summed E-state index contributed by atoms with van der Waals surface area (Å²) in [5.41, 5.74) is 4.35. The number of hydrogen-bond acceptors (Lipinski definition) is 2. The topological polar surface area (TPSA) is 56.4 Å². The summed E-state index contributed by atoms with van der Waals surface area (Å²) >= 11 is 0. The van der Waals surface area contributed by atoms with Gasteiger partial charge in [0.1, 0.15) is 6.04 Å². The molecule has 1 N–H and O–H groups in total. The van der Waals surface area contributed by atoms with Crippen molar-refractivity contribution in [2.75, 3.05) is 13.1 Å². The molecule has 0 radical (unpaired) electrons. The van der Waals surface area contributed by atoms with Crippen molar-refractivity contribution in [2.45, 2.75) is 45.2 Å². The van der Waals surface area contributed by atoms with E-state index >= 15 is 0 Å². The summed E-state index contributed by atoms with van der Waals surface area (Å²) in [7, 11) is 0. The van der Waals surface area contributed by atoms with Gasteiger partial charge in [0, 0.05) is 36.1 Å². The van der Waals surface area contributed by atoms with Crippen LogP contribution in [0.4, 0.5) is 0 Å². The van der Waals surface area contributed by atoms with Crippen LogP contribution in [0.3, 0.4) is 0 Å². The fourth-order valence-corrected chi connectivity index (χ4v) is 5.85. The molecule has 5 nitrogen and oxygen atoms in total. The van der Waals surface area contributed by atoms with E-state index in [1.807, 2.05) is 40.1 Å². The van der Waals surface area contributed by atoms with E-state index in [9.17, 15) is 9.59 Å². The Balaban J connectivity index is 1.36. The van der Waals surface area contributed by atoms with Crippen LogP contribution in [0.1, 0.15) is 43.1 Å². The molecule has 2 atom stereocenters. The van der Waals surface area contributed by atoms with Gasteiger partial charge in [0.15, 0.2) is 0 Å². The van der Waals surface area contributed by atoms with E-state index in [4.69, 9.17) is 0 Å². The number of aromatic nitrogens is 1. The third-order valence-corrected chi connectivity index (χ3v) is 7.67. The molecule has 1 saturated heterocycles. The predicted octanol–water partition coefficient (Wildman–Crippen LogP) is 5.25. The van der Waals surface area contributed by atoms with Gasteiger partial charge in [-0.05, 0) is 40.3 Å². The normalized spacial score (nSPS) is 19.6. The molecule has 2 aliphatic heterocycles. The van der Waals surface area contributed by atoms with Crippen molar-refractivity contribution in [3.05, 3.63) is 83.6 Å². The number of aromatic amines is 1. The Bertz CT molecular complexity index is 1440. The highest BCUT2D eigenvalue weighted by Crippen LogP contribution is 2.41. The number of benzene rings is 3. The lowest BCUT2D eigenvalue weighted by molar-refractivity contribution is -0.157. The minimum absolute atomic E-state index is 0.0245. The van der Waals surface area contributed by atoms with Crippen LogP contribution in [0.15, 0.2) is 66.7 Å². The zero-order valence-corrected chi connectivity index (χ0v) is 20.3. The Labute approximate surface area is 205 Å². The largest absolute Gasteiger partial charge is 0.356 e. The van der Waals surface area contributed by atoms with Gasteiger partial charge in [-0.3, -0.25) is 9.59 Å². The van der Waals surface area contributed by atoms with E-state index in [2.05, 4.69) is 55.2 Å². The minimum Gasteiger partial charge on any atom is -0.356 e. The van der Waals surface area contributed by atoms with Gasteiger partial charge in [0.25, 0.3) is 0 Å². The van der Waals surface area contributed by atoms with Crippen LogP contribution in [0.2, 0.25) is 0 Å². The van der Waals surface area contributed by atoms with Crippen LogP contribution in [0.5, 0.6) is 0 Å². The van der Waals surface area contributed by atoms with Gasteiger partial charge in [0.05, 0.1) is 12.5 Å². The molecule has 5 heteroatoms. The summed E-state index contributed by atoms with van der Waals surface area (Å²) in [5.74, 6) is 0.639. The first-order chi connectivity index (χ1) is 17.0. The molecule has 4 aromatic rings. The zero-order chi connectivity index (χ0) is 24.1. The van der Waals surface area contributed by atoms with Gasteiger partial charge in [-0.2, -0.15) is 0 Å².